The van der Waals surface area contributed by atoms with Crippen molar-refractivity contribution in [3.05, 3.63) is 17.8 Å². The van der Waals surface area contributed by atoms with E-state index >= 15 is 0 Å². The van der Waals surface area contributed by atoms with Crippen molar-refractivity contribution in [1.82, 2.24) is 4.98 Å². The summed E-state index contributed by atoms with van der Waals surface area (Å²) in [5.74, 6) is 0.0215. The van der Waals surface area contributed by atoms with Gasteiger partial charge in [-0.1, -0.05) is 6.92 Å². The summed E-state index contributed by atoms with van der Waals surface area (Å²) in [6, 6.07) is 1.68. The van der Waals surface area contributed by atoms with Gasteiger partial charge >= 0.3 is 0 Å². The molecule has 5 heteroatoms. The van der Waals surface area contributed by atoms with Crippen LogP contribution in [0.3, 0.4) is 0 Å². The number of anilines is 1. The van der Waals surface area contributed by atoms with Crippen LogP contribution in [0, 0.1) is 6.92 Å². The van der Waals surface area contributed by atoms with Crippen LogP contribution in [0.4, 0.5) is 5.69 Å². The number of hydrogen-bond donors (Lipinski definition) is 1. The van der Waals surface area contributed by atoms with Gasteiger partial charge in [0.25, 0.3) is 0 Å². The zero-order valence-corrected chi connectivity index (χ0v) is 8.43. The van der Waals surface area contributed by atoms with Crippen LogP contribution in [0.15, 0.2) is 17.3 Å². The second-order valence-electron chi connectivity index (χ2n) is 2.75. The summed E-state index contributed by atoms with van der Waals surface area (Å²) in [4.78, 5) is 3.77. The lowest BCUT2D eigenvalue weighted by atomic mass is 10.3. The van der Waals surface area contributed by atoms with Gasteiger partial charge in [0.05, 0.1) is 11.4 Å². The van der Waals surface area contributed by atoms with Gasteiger partial charge in [0, 0.05) is 6.20 Å². The Morgan fingerprint density at radius 2 is 2.15 bits per heavy atom. The Hall–Kier alpha value is -1.10. The van der Waals surface area contributed by atoms with Gasteiger partial charge in [-0.05, 0) is 18.6 Å². The van der Waals surface area contributed by atoms with Crippen LogP contribution in [0.1, 0.15) is 12.5 Å². The third-order valence-corrected chi connectivity index (χ3v) is 3.52. The summed E-state index contributed by atoms with van der Waals surface area (Å²) in [6.07, 6.45) is 1.45. The number of sulfone groups is 1. The number of nitrogens with two attached hydrogens (primary N) is 1. The summed E-state index contributed by atoms with van der Waals surface area (Å²) < 4.78 is 22.9. The molecule has 72 valence electrons. The summed E-state index contributed by atoms with van der Waals surface area (Å²) in [7, 11) is -3.29. The number of aromatic nitrogens is 1. The average molecular weight is 200 g/mol. The van der Waals surface area contributed by atoms with Crippen LogP contribution >= 0.6 is 0 Å². The van der Waals surface area contributed by atoms with Gasteiger partial charge in [0.2, 0.25) is 0 Å². The van der Waals surface area contributed by atoms with Crippen molar-refractivity contribution < 1.29 is 8.42 Å². The second-order valence-corrected chi connectivity index (χ2v) is 4.94. The van der Waals surface area contributed by atoms with Gasteiger partial charge < -0.3 is 5.73 Å². The van der Waals surface area contributed by atoms with E-state index in [0.717, 1.165) is 5.56 Å². The third kappa shape index (κ3) is 1.80. The van der Waals surface area contributed by atoms with Crippen LogP contribution in [0.2, 0.25) is 0 Å². The molecule has 0 atom stereocenters. The lowest BCUT2D eigenvalue weighted by Crippen LogP contribution is -2.10. The molecule has 0 saturated carbocycles. The van der Waals surface area contributed by atoms with E-state index in [-0.39, 0.29) is 16.5 Å². The van der Waals surface area contributed by atoms with Crippen molar-refractivity contribution in [2.24, 2.45) is 0 Å². The Labute approximate surface area is 77.7 Å². The molecule has 1 heterocycles. The van der Waals surface area contributed by atoms with Gasteiger partial charge in [-0.15, -0.1) is 0 Å². The molecule has 4 nitrogen and oxygen atoms in total. The molecule has 0 aliphatic rings. The minimum absolute atomic E-state index is 0.00463. The summed E-state index contributed by atoms with van der Waals surface area (Å²) in [6.45, 7) is 3.32. The van der Waals surface area contributed by atoms with Crippen molar-refractivity contribution >= 4 is 15.5 Å². The fourth-order valence-corrected chi connectivity index (χ4v) is 1.92. The first-order valence-electron chi connectivity index (χ1n) is 3.93. The molecule has 1 aromatic heterocycles. The Bertz CT molecular complexity index is 412. The van der Waals surface area contributed by atoms with E-state index in [4.69, 9.17) is 5.73 Å². The molecule has 2 N–H and O–H groups in total. The highest BCUT2D eigenvalue weighted by atomic mass is 32.2. The van der Waals surface area contributed by atoms with Crippen LogP contribution in [0.25, 0.3) is 0 Å². The fourth-order valence-electron chi connectivity index (χ4n) is 0.929. The normalized spacial score (nSPS) is 11.5. The average Bonchev–Trinajstić information content (AvgIpc) is 2.09. The summed E-state index contributed by atoms with van der Waals surface area (Å²) in [5.41, 5.74) is 6.59. The molecule has 0 aliphatic carbocycles. The van der Waals surface area contributed by atoms with E-state index in [0.29, 0.717) is 0 Å². The highest BCUT2D eigenvalue weighted by Gasteiger charge is 2.17. The number of pyridine rings is 1. The first-order valence-corrected chi connectivity index (χ1v) is 5.58. The zero-order chi connectivity index (χ0) is 10.1. The first-order chi connectivity index (χ1) is 5.99. The Balaban J connectivity index is 3.40. The van der Waals surface area contributed by atoms with E-state index < -0.39 is 9.84 Å². The number of hydrogen-bond acceptors (Lipinski definition) is 4. The Morgan fingerprint density at radius 3 is 2.69 bits per heavy atom. The topological polar surface area (TPSA) is 73.0 Å². The number of aryl methyl sites for hydroxylation is 1. The highest BCUT2D eigenvalue weighted by Crippen LogP contribution is 2.19. The van der Waals surface area contributed by atoms with Crippen LogP contribution < -0.4 is 5.73 Å². The fraction of sp³-hybridized carbons (Fsp3) is 0.375. The molecule has 0 radical (unpaired) electrons. The number of rotatable bonds is 2. The maximum Gasteiger partial charge on any atom is 0.197 e. The molecular formula is C8H12N2O2S. The van der Waals surface area contributed by atoms with Crippen LogP contribution in [0.5, 0.6) is 0 Å². The van der Waals surface area contributed by atoms with Crippen LogP contribution in [-0.2, 0) is 9.84 Å². The van der Waals surface area contributed by atoms with E-state index in [1.807, 2.05) is 0 Å². The zero-order valence-electron chi connectivity index (χ0n) is 7.61. The predicted octanol–water partition coefficient (Wildman–Crippen LogP) is 0.766. The SMILES string of the molecule is CCS(=O)(=O)c1nccc(C)c1N. The number of nitrogens with zero attached hydrogens (tertiary/aromatic N) is 1. The standard InChI is InChI=1S/C8H12N2O2S/c1-3-13(11,12)8-7(9)6(2)4-5-10-8/h4-5H,3,9H2,1-2H3. The van der Waals surface area contributed by atoms with Crippen molar-refractivity contribution in [3.63, 3.8) is 0 Å². The molecule has 0 aromatic carbocycles. The highest BCUT2D eigenvalue weighted by molar-refractivity contribution is 7.91. The largest absolute Gasteiger partial charge is 0.396 e. The van der Waals surface area contributed by atoms with Gasteiger partial charge in [0.1, 0.15) is 0 Å². The van der Waals surface area contributed by atoms with E-state index in [1.165, 1.54) is 6.20 Å². The third-order valence-electron chi connectivity index (χ3n) is 1.85. The van der Waals surface area contributed by atoms with Crippen molar-refractivity contribution in [2.45, 2.75) is 18.9 Å². The van der Waals surface area contributed by atoms with Gasteiger partial charge in [0.15, 0.2) is 14.9 Å². The quantitative estimate of drug-likeness (QED) is 0.765. The molecular weight excluding hydrogens is 188 g/mol. The molecule has 1 rings (SSSR count). The second kappa shape index (κ2) is 3.33. The maximum absolute atomic E-state index is 11.4. The van der Waals surface area contributed by atoms with Crippen molar-refractivity contribution in [3.8, 4) is 0 Å². The molecule has 0 spiro atoms. The molecule has 13 heavy (non-hydrogen) atoms. The summed E-state index contributed by atoms with van der Waals surface area (Å²) in [5, 5.41) is -0.00463. The minimum Gasteiger partial charge on any atom is -0.396 e. The summed E-state index contributed by atoms with van der Waals surface area (Å²) >= 11 is 0. The minimum atomic E-state index is -3.29. The number of nitrogen functional groups attached to an aromatic ring is 1. The molecule has 0 amide bonds. The first kappa shape index (κ1) is 9.98. The molecule has 0 bridgehead atoms. The van der Waals surface area contributed by atoms with Crippen LogP contribution in [-0.4, -0.2) is 19.2 Å². The van der Waals surface area contributed by atoms with Crippen molar-refractivity contribution in [1.29, 1.82) is 0 Å². The van der Waals surface area contributed by atoms with Crippen molar-refractivity contribution in [2.75, 3.05) is 11.5 Å². The molecule has 0 unspecified atom stereocenters. The van der Waals surface area contributed by atoms with Gasteiger partial charge in [-0.2, -0.15) is 0 Å². The Kier molecular flexibility index (Phi) is 2.56. The lowest BCUT2D eigenvalue weighted by Gasteiger charge is -2.05. The van der Waals surface area contributed by atoms with E-state index in [2.05, 4.69) is 4.98 Å². The molecule has 1 aromatic rings. The smallest absolute Gasteiger partial charge is 0.197 e. The molecule has 0 saturated heterocycles. The Morgan fingerprint density at radius 1 is 1.54 bits per heavy atom. The maximum atomic E-state index is 11.4. The van der Waals surface area contributed by atoms with E-state index in [1.54, 1.807) is 19.9 Å². The lowest BCUT2D eigenvalue weighted by molar-refractivity contribution is 0.594. The predicted molar refractivity (Wildman–Crippen MR) is 51.1 cm³/mol. The molecule has 0 aliphatic heterocycles. The van der Waals surface area contributed by atoms with E-state index in [9.17, 15) is 8.42 Å². The van der Waals surface area contributed by atoms with Gasteiger partial charge in [-0.3, -0.25) is 0 Å². The van der Waals surface area contributed by atoms with Gasteiger partial charge in [-0.25, -0.2) is 13.4 Å². The molecule has 0 fully saturated rings. The monoisotopic (exact) mass is 200 g/mol.